The Labute approximate surface area is 159 Å². The lowest BCUT2D eigenvalue weighted by Crippen LogP contribution is -2.23. The minimum absolute atomic E-state index is 0.0476. The number of halogens is 1. The predicted octanol–water partition coefficient (Wildman–Crippen LogP) is 4.75. The molecule has 0 spiro atoms. The van der Waals surface area contributed by atoms with E-state index in [0.717, 1.165) is 23.2 Å². The van der Waals surface area contributed by atoms with E-state index in [1.807, 2.05) is 39.0 Å². The second kappa shape index (κ2) is 9.25. The highest BCUT2D eigenvalue weighted by Crippen LogP contribution is 2.26. The van der Waals surface area contributed by atoms with E-state index in [-0.39, 0.29) is 18.4 Å². The number of rotatable bonds is 7. The molecule has 0 saturated heterocycles. The van der Waals surface area contributed by atoms with Gasteiger partial charge in [0.2, 0.25) is 11.8 Å². The number of hydrogen-bond acceptors (Lipinski definition) is 3. The summed E-state index contributed by atoms with van der Waals surface area (Å²) in [5.74, 6) is -0.215. The van der Waals surface area contributed by atoms with Crippen molar-refractivity contribution in [2.45, 2.75) is 33.6 Å². The number of nitrogens with one attached hydrogen (secondary N) is 3. The quantitative estimate of drug-likeness (QED) is 0.656. The third kappa shape index (κ3) is 5.49. The third-order valence-electron chi connectivity index (χ3n) is 3.91. The number of carbonyl (C=O) groups is 2. The molecular formula is C20H24ClN3O2. The summed E-state index contributed by atoms with van der Waals surface area (Å²) >= 11 is 6.18. The largest absolute Gasteiger partial charge is 0.375 e. The Kier molecular flexibility index (Phi) is 7.04. The molecule has 0 aliphatic carbocycles. The average molecular weight is 374 g/mol. The number of benzene rings is 2. The Bertz CT molecular complexity index is 785. The Balaban J connectivity index is 2.00. The highest BCUT2D eigenvalue weighted by atomic mass is 35.5. The predicted molar refractivity (Wildman–Crippen MR) is 108 cm³/mol. The highest BCUT2D eigenvalue weighted by molar-refractivity contribution is 6.33. The van der Waals surface area contributed by atoms with Crippen LogP contribution in [0.2, 0.25) is 5.02 Å². The van der Waals surface area contributed by atoms with Crippen LogP contribution in [0.1, 0.15) is 30.9 Å². The van der Waals surface area contributed by atoms with Gasteiger partial charge in [-0.1, -0.05) is 36.7 Å². The number of carbonyl (C=O) groups excluding carboxylic acids is 2. The van der Waals surface area contributed by atoms with Crippen molar-refractivity contribution in [3.8, 4) is 0 Å². The van der Waals surface area contributed by atoms with Crippen LogP contribution in [0.4, 0.5) is 17.1 Å². The maximum absolute atomic E-state index is 12.3. The molecule has 0 aliphatic rings. The van der Waals surface area contributed by atoms with Crippen LogP contribution >= 0.6 is 11.6 Å². The van der Waals surface area contributed by atoms with Crippen molar-refractivity contribution in [2.24, 2.45) is 0 Å². The molecule has 0 aromatic heterocycles. The normalized spacial score (nSPS) is 10.3. The van der Waals surface area contributed by atoms with Gasteiger partial charge in [0.25, 0.3) is 0 Å². The van der Waals surface area contributed by atoms with Gasteiger partial charge in [0.1, 0.15) is 0 Å². The fourth-order valence-electron chi connectivity index (χ4n) is 2.56. The molecule has 0 saturated carbocycles. The molecule has 0 fully saturated rings. The first kappa shape index (κ1) is 19.8. The smallest absolute Gasteiger partial charge is 0.243 e. The molecule has 0 heterocycles. The van der Waals surface area contributed by atoms with E-state index in [9.17, 15) is 9.59 Å². The summed E-state index contributed by atoms with van der Waals surface area (Å²) in [4.78, 5) is 24.0. The minimum Gasteiger partial charge on any atom is -0.375 e. The van der Waals surface area contributed by atoms with Gasteiger partial charge in [0.15, 0.2) is 0 Å². The summed E-state index contributed by atoms with van der Waals surface area (Å²) in [6.45, 7) is 5.92. The lowest BCUT2D eigenvalue weighted by molar-refractivity contribution is -0.116. The van der Waals surface area contributed by atoms with E-state index in [4.69, 9.17) is 11.6 Å². The summed E-state index contributed by atoms with van der Waals surface area (Å²) < 4.78 is 0. The third-order valence-corrected chi connectivity index (χ3v) is 4.24. The number of para-hydroxylation sites is 1. The van der Waals surface area contributed by atoms with Gasteiger partial charge in [-0.15, -0.1) is 0 Å². The molecule has 2 aromatic carbocycles. The van der Waals surface area contributed by atoms with Gasteiger partial charge in [0.05, 0.1) is 17.3 Å². The SMILES string of the molecule is CCCC(=O)Nc1ccc(Cl)c(NCC(=O)Nc2c(C)cccc2C)c1. The van der Waals surface area contributed by atoms with Gasteiger partial charge in [-0.05, 0) is 49.6 Å². The van der Waals surface area contributed by atoms with E-state index >= 15 is 0 Å². The number of hydrogen-bond donors (Lipinski definition) is 3. The summed E-state index contributed by atoms with van der Waals surface area (Å²) in [7, 11) is 0. The minimum atomic E-state index is -0.168. The Morgan fingerprint density at radius 3 is 2.35 bits per heavy atom. The Morgan fingerprint density at radius 1 is 1.00 bits per heavy atom. The highest BCUT2D eigenvalue weighted by Gasteiger charge is 2.09. The van der Waals surface area contributed by atoms with Crippen LogP contribution in [0.3, 0.4) is 0 Å². The number of anilines is 3. The maximum atomic E-state index is 12.3. The van der Waals surface area contributed by atoms with Gasteiger partial charge in [0, 0.05) is 17.8 Å². The van der Waals surface area contributed by atoms with Crippen LogP contribution < -0.4 is 16.0 Å². The maximum Gasteiger partial charge on any atom is 0.243 e. The second-order valence-corrected chi connectivity index (χ2v) is 6.57. The van der Waals surface area contributed by atoms with E-state index < -0.39 is 0 Å². The van der Waals surface area contributed by atoms with E-state index in [2.05, 4.69) is 16.0 Å². The molecule has 2 aromatic rings. The van der Waals surface area contributed by atoms with Crippen molar-refractivity contribution < 1.29 is 9.59 Å². The molecule has 0 radical (unpaired) electrons. The van der Waals surface area contributed by atoms with Gasteiger partial charge >= 0.3 is 0 Å². The van der Waals surface area contributed by atoms with Crippen LogP contribution in [-0.4, -0.2) is 18.4 Å². The molecule has 0 aliphatic heterocycles. The summed E-state index contributed by atoms with van der Waals surface area (Å²) in [5, 5.41) is 9.24. The zero-order valence-corrected chi connectivity index (χ0v) is 16.0. The van der Waals surface area contributed by atoms with Crippen molar-refractivity contribution >= 4 is 40.5 Å². The van der Waals surface area contributed by atoms with Crippen LogP contribution in [0.5, 0.6) is 0 Å². The van der Waals surface area contributed by atoms with Crippen LogP contribution in [0, 0.1) is 13.8 Å². The van der Waals surface area contributed by atoms with E-state index in [1.165, 1.54) is 0 Å². The molecule has 2 amide bonds. The Hall–Kier alpha value is -2.53. The molecule has 6 heteroatoms. The van der Waals surface area contributed by atoms with Crippen LogP contribution in [0.15, 0.2) is 36.4 Å². The Morgan fingerprint density at radius 2 is 1.69 bits per heavy atom. The van der Waals surface area contributed by atoms with Gasteiger partial charge in [-0.3, -0.25) is 9.59 Å². The van der Waals surface area contributed by atoms with E-state index in [1.54, 1.807) is 18.2 Å². The summed E-state index contributed by atoms with van der Waals surface area (Å²) in [6.07, 6.45) is 1.24. The summed E-state index contributed by atoms with van der Waals surface area (Å²) in [6, 6.07) is 11.0. The molecule has 5 nitrogen and oxygen atoms in total. The first-order valence-corrected chi connectivity index (χ1v) is 8.98. The monoisotopic (exact) mass is 373 g/mol. The molecule has 3 N–H and O–H groups in total. The van der Waals surface area contributed by atoms with Gasteiger partial charge in [-0.25, -0.2) is 0 Å². The van der Waals surface area contributed by atoms with Crippen molar-refractivity contribution in [1.82, 2.24) is 0 Å². The first-order chi connectivity index (χ1) is 12.4. The zero-order valence-electron chi connectivity index (χ0n) is 15.3. The zero-order chi connectivity index (χ0) is 19.1. The lowest BCUT2D eigenvalue weighted by Gasteiger charge is -2.14. The topological polar surface area (TPSA) is 70.2 Å². The second-order valence-electron chi connectivity index (χ2n) is 6.16. The fourth-order valence-corrected chi connectivity index (χ4v) is 2.74. The fraction of sp³-hybridized carbons (Fsp3) is 0.300. The van der Waals surface area contributed by atoms with Crippen molar-refractivity contribution in [3.63, 3.8) is 0 Å². The molecule has 138 valence electrons. The van der Waals surface area contributed by atoms with Crippen molar-refractivity contribution in [1.29, 1.82) is 0 Å². The molecule has 0 unspecified atom stereocenters. The van der Waals surface area contributed by atoms with Crippen molar-refractivity contribution in [2.75, 3.05) is 22.5 Å². The lowest BCUT2D eigenvalue weighted by atomic mass is 10.1. The van der Waals surface area contributed by atoms with E-state index in [0.29, 0.717) is 22.8 Å². The molecule has 0 bridgehead atoms. The average Bonchev–Trinajstić information content (AvgIpc) is 2.59. The number of aryl methyl sites for hydroxylation is 2. The first-order valence-electron chi connectivity index (χ1n) is 8.60. The van der Waals surface area contributed by atoms with Gasteiger partial charge < -0.3 is 16.0 Å². The van der Waals surface area contributed by atoms with Gasteiger partial charge in [-0.2, -0.15) is 0 Å². The van der Waals surface area contributed by atoms with Crippen LogP contribution in [0.25, 0.3) is 0 Å². The molecule has 0 atom stereocenters. The summed E-state index contributed by atoms with van der Waals surface area (Å²) in [5.41, 5.74) is 4.09. The molecule has 26 heavy (non-hydrogen) atoms. The number of amides is 2. The molecule has 2 rings (SSSR count). The standard InChI is InChI=1S/C20H24ClN3O2/c1-4-6-18(25)23-15-9-10-16(21)17(11-15)22-12-19(26)24-20-13(2)7-5-8-14(20)3/h5,7-11,22H,4,6,12H2,1-3H3,(H,23,25)(H,24,26). The van der Waals surface area contributed by atoms with Crippen LogP contribution in [-0.2, 0) is 9.59 Å². The van der Waals surface area contributed by atoms with Crippen molar-refractivity contribution in [3.05, 3.63) is 52.5 Å². The molecular weight excluding hydrogens is 350 g/mol.